The van der Waals surface area contributed by atoms with E-state index in [0.717, 1.165) is 42.0 Å². The van der Waals surface area contributed by atoms with Gasteiger partial charge in [-0.15, -0.1) is 6.42 Å². The molecule has 4 amide bonds. The Balaban J connectivity index is 1.35. The molecule has 1 saturated heterocycles. The van der Waals surface area contributed by atoms with Crippen molar-refractivity contribution in [2.24, 2.45) is 0 Å². The van der Waals surface area contributed by atoms with Crippen molar-refractivity contribution in [3.05, 3.63) is 123 Å². The van der Waals surface area contributed by atoms with Gasteiger partial charge in [0.05, 0.1) is 16.8 Å². The number of ether oxygens (including phenoxy) is 2. The molecule has 4 aromatic rings. The highest BCUT2D eigenvalue weighted by molar-refractivity contribution is 9.10. The maximum absolute atomic E-state index is 14.3. The van der Waals surface area contributed by atoms with Crippen molar-refractivity contribution in [1.82, 2.24) is 5.32 Å². The van der Waals surface area contributed by atoms with Crippen molar-refractivity contribution in [2.75, 3.05) is 36.1 Å². The van der Waals surface area contributed by atoms with Crippen LogP contribution in [0.25, 0.3) is 6.08 Å². The molecule has 49 heavy (non-hydrogen) atoms. The molecule has 9 heteroatoms. The standard InChI is InChI=1S/C40H34BrN3O5/c1-3-19-49-37-34(41)21-25(22-35(37)48-4-2)20-33-38(45)42-40(47)44(39(33)46)28-23-31-29(26-11-7-5-8-12-26)15-17-43-18-16-30(32(24-28)36(31)43)27-13-9-6-10-14-27/h1,5-14,20-24,29-30H,4,15-19H2,2H3,(H,42,45,47)/b33-20+/t29-,30-/m0/s1. The van der Waals surface area contributed by atoms with Gasteiger partial charge in [-0.25, -0.2) is 9.69 Å². The minimum Gasteiger partial charge on any atom is -0.490 e. The maximum Gasteiger partial charge on any atom is 0.335 e. The molecule has 0 saturated carbocycles. The molecule has 1 N–H and O–H groups in total. The summed E-state index contributed by atoms with van der Waals surface area (Å²) in [5, 5.41) is 2.41. The van der Waals surface area contributed by atoms with E-state index >= 15 is 0 Å². The lowest BCUT2D eigenvalue weighted by molar-refractivity contribution is -0.122. The van der Waals surface area contributed by atoms with Gasteiger partial charge in [0.15, 0.2) is 11.5 Å². The highest BCUT2D eigenvalue weighted by Crippen LogP contribution is 2.50. The van der Waals surface area contributed by atoms with E-state index in [1.54, 1.807) is 12.1 Å². The van der Waals surface area contributed by atoms with E-state index in [9.17, 15) is 14.4 Å². The molecule has 3 aliphatic rings. The Morgan fingerprint density at radius 3 is 2.08 bits per heavy atom. The van der Waals surface area contributed by atoms with E-state index in [0.29, 0.717) is 33.8 Å². The minimum absolute atomic E-state index is 0.0356. The summed E-state index contributed by atoms with van der Waals surface area (Å²) in [4.78, 5) is 44.6. The molecule has 4 aromatic carbocycles. The van der Waals surface area contributed by atoms with Gasteiger partial charge in [-0.2, -0.15) is 0 Å². The first-order valence-electron chi connectivity index (χ1n) is 16.3. The highest BCUT2D eigenvalue weighted by atomic mass is 79.9. The summed E-state index contributed by atoms with van der Waals surface area (Å²) >= 11 is 3.51. The third-order valence-electron chi connectivity index (χ3n) is 9.30. The molecule has 8 nitrogen and oxygen atoms in total. The molecule has 246 valence electrons. The maximum atomic E-state index is 14.3. The number of halogens is 1. The Morgan fingerprint density at radius 1 is 0.898 bits per heavy atom. The summed E-state index contributed by atoms with van der Waals surface area (Å²) in [7, 11) is 0. The predicted octanol–water partition coefficient (Wildman–Crippen LogP) is 7.40. The molecule has 7 rings (SSSR count). The zero-order valence-corrected chi connectivity index (χ0v) is 28.5. The van der Waals surface area contributed by atoms with Gasteiger partial charge in [-0.05, 0) is 93.9 Å². The number of carbonyl (C=O) groups excluding carboxylic acids is 3. The van der Waals surface area contributed by atoms with E-state index in [-0.39, 0.29) is 24.0 Å². The van der Waals surface area contributed by atoms with Gasteiger partial charge < -0.3 is 14.4 Å². The van der Waals surface area contributed by atoms with Crippen LogP contribution in [0.1, 0.15) is 59.4 Å². The predicted molar refractivity (Wildman–Crippen MR) is 193 cm³/mol. The molecular weight excluding hydrogens is 682 g/mol. The van der Waals surface area contributed by atoms with Crippen molar-refractivity contribution < 1.29 is 23.9 Å². The number of amides is 4. The van der Waals surface area contributed by atoms with Crippen molar-refractivity contribution in [1.29, 1.82) is 0 Å². The molecule has 2 atom stereocenters. The number of hydrogen-bond donors (Lipinski definition) is 1. The Morgan fingerprint density at radius 2 is 1.51 bits per heavy atom. The lowest BCUT2D eigenvalue weighted by atomic mass is 9.76. The number of barbiturate groups is 1. The molecule has 0 aromatic heterocycles. The molecule has 0 bridgehead atoms. The summed E-state index contributed by atoms with van der Waals surface area (Å²) in [6, 6.07) is 27.2. The SMILES string of the molecule is C#CCOc1c(Br)cc(/C=C2\C(=O)NC(=O)N(c3cc4c5c(c3)[C@H](c3ccccc3)CCN5CC[C@H]4c3ccccc3)C2=O)cc1OCC. The number of rotatable bonds is 8. The summed E-state index contributed by atoms with van der Waals surface area (Å²) < 4.78 is 12.0. The number of nitrogens with zero attached hydrogens (tertiary/aromatic N) is 2. The van der Waals surface area contributed by atoms with Crippen LogP contribution in [0.4, 0.5) is 16.2 Å². The molecular formula is C40H34BrN3O5. The average molecular weight is 717 g/mol. The quantitative estimate of drug-likeness (QED) is 0.116. The molecule has 0 radical (unpaired) electrons. The lowest BCUT2D eigenvalue weighted by Gasteiger charge is -2.44. The molecule has 3 heterocycles. The minimum atomic E-state index is -0.787. The van der Waals surface area contributed by atoms with E-state index in [1.165, 1.54) is 22.9 Å². The van der Waals surface area contributed by atoms with Crippen LogP contribution in [0.5, 0.6) is 11.5 Å². The number of imide groups is 2. The number of urea groups is 1. The van der Waals surface area contributed by atoms with Gasteiger partial charge in [0.2, 0.25) is 0 Å². The number of terminal acetylenes is 1. The zero-order valence-electron chi connectivity index (χ0n) is 26.9. The van der Waals surface area contributed by atoms with Crippen molar-refractivity contribution in [2.45, 2.75) is 31.6 Å². The number of carbonyl (C=O) groups is 3. The van der Waals surface area contributed by atoms with Crippen molar-refractivity contribution >= 4 is 51.2 Å². The van der Waals surface area contributed by atoms with E-state index in [4.69, 9.17) is 15.9 Å². The monoisotopic (exact) mass is 715 g/mol. The number of nitrogens with one attached hydrogen (secondary N) is 1. The fraction of sp³-hybridized carbons (Fsp3) is 0.225. The van der Waals surface area contributed by atoms with Crippen LogP contribution in [-0.4, -0.2) is 44.1 Å². The summed E-state index contributed by atoms with van der Waals surface area (Å²) in [5.41, 5.74) is 6.41. The second kappa shape index (κ2) is 13.7. The van der Waals surface area contributed by atoms with Gasteiger partial charge in [0, 0.05) is 30.6 Å². The Bertz CT molecular complexity index is 1950. The number of benzene rings is 4. The summed E-state index contributed by atoms with van der Waals surface area (Å²) in [6.45, 7) is 4.05. The van der Waals surface area contributed by atoms with Crippen LogP contribution in [0.3, 0.4) is 0 Å². The fourth-order valence-corrected chi connectivity index (χ4v) is 7.79. The van der Waals surface area contributed by atoms with Gasteiger partial charge in [0.1, 0.15) is 12.2 Å². The zero-order chi connectivity index (χ0) is 34.1. The molecule has 0 unspecified atom stereocenters. The van der Waals surface area contributed by atoms with Crippen molar-refractivity contribution in [3.63, 3.8) is 0 Å². The number of hydrogen-bond acceptors (Lipinski definition) is 6. The van der Waals surface area contributed by atoms with Gasteiger partial charge >= 0.3 is 6.03 Å². The molecule has 0 spiro atoms. The largest absolute Gasteiger partial charge is 0.490 e. The highest BCUT2D eigenvalue weighted by Gasteiger charge is 2.40. The van der Waals surface area contributed by atoms with Gasteiger partial charge in [0.25, 0.3) is 11.8 Å². The third kappa shape index (κ3) is 6.09. The Labute approximate surface area is 293 Å². The normalized spacial score (nSPS) is 19.3. The first kappa shape index (κ1) is 32.2. The van der Waals surface area contributed by atoms with Crippen LogP contribution in [-0.2, 0) is 9.59 Å². The van der Waals surface area contributed by atoms with Crippen LogP contribution in [0.2, 0.25) is 0 Å². The molecule has 3 aliphatic heterocycles. The first-order chi connectivity index (χ1) is 23.9. The third-order valence-corrected chi connectivity index (χ3v) is 9.89. The van der Waals surface area contributed by atoms with Crippen LogP contribution in [0, 0.1) is 12.3 Å². The molecule has 0 aliphatic carbocycles. The van der Waals surface area contributed by atoms with Gasteiger partial charge in [-0.3, -0.25) is 14.9 Å². The molecule has 1 fully saturated rings. The van der Waals surface area contributed by atoms with Crippen LogP contribution in [0.15, 0.2) is 95.0 Å². The topological polar surface area (TPSA) is 88.2 Å². The van der Waals surface area contributed by atoms with Crippen LogP contribution < -0.4 is 24.6 Å². The van der Waals surface area contributed by atoms with Gasteiger partial charge in [-0.1, -0.05) is 66.6 Å². The lowest BCUT2D eigenvalue weighted by Crippen LogP contribution is -2.54. The fourth-order valence-electron chi connectivity index (χ4n) is 7.22. The van der Waals surface area contributed by atoms with E-state index in [2.05, 4.69) is 56.3 Å². The van der Waals surface area contributed by atoms with Crippen molar-refractivity contribution in [3.8, 4) is 23.8 Å². The average Bonchev–Trinajstić information content (AvgIpc) is 3.11. The second-order valence-corrected chi connectivity index (χ2v) is 13.0. The van der Waals surface area contributed by atoms with Crippen LogP contribution >= 0.6 is 15.9 Å². The summed E-state index contributed by atoms with van der Waals surface area (Å²) in [6.07, 6.45) is 8.65. The second-order valence-electron chi connectivity index (χ2n) is 12.2. The number of anilines is 2. The Hall–Kier alpha value is -5.33. The van der Waals surface area contributed by atoms with E-state index in [1.807, 2.05) is 55.5 Å². The first-order valence-corrected chi connectivity index (χ1v) is 17.1. The van der Waals surface area contributed by atoms with E-state index < -0.39 is 17.8 Å². The smallest absolute Gasteiger partial charge is 0.335 e. The summed E-state index contributed by atoms with van der Waals surface area (Å²) in [5.74, 6) is 1.91. The Kier molecular flexibility index (Phi) is 8.98.